The number of halogens is 4. The Kier molecular flexibility index (Phi) is 11.6. The minimum atomic E-state index is -0.0290. The summed E-state index contributed by atoms with van der Waals surface area (Å²) >= 11 is 12.4. The molecule has 1 unspecified atom stereocenters. The largest absolute Gasteiger partial charge is 0.379 e. The van der Waals surface area contributed by atoms with Crippen molar-refractivity contribution in [3.8, 4) is 0 Å². The molecule has 98 valence electrons. The molecular weight excluding hydrogens is 324 g/mol. The summed E-state index contributed by atoms with van der Waals surface area (Å²) in [6, 6.07) is 9.69. The normalized spacial score (nSPS) is 11.2. The van der Waals surface area contributed by atoms with Gasteiger partial charge in [0.2, 0.25) is 0 Å². The predicted molar refractivity (Wildman–Crippen MR) is 81.6 cm³/mol. The molecule has 0 aliphatic heterocycles. The number of rotatable bonds is 4. The van der Waals surface area contributed by atoms with E-state index in [2.05, 4.69) is 0 Å². The number of nitrogens with one attached hydrogen (secondary N) is 1. The first kappa shape index (κ1) is 19.5. The molecule has 0 saturated heterocycles. The smallest absolute Gasteiger partial charge is 0.151 e. The average molecular weight is 337 g/mol. The third-order valence-electron chi connectivity index (χ3n) is 1.74. The van der Waals surface area contributed by atoms with Crippen LogP contribution in [-0.2, 0) is 0 Å². The van der Waals surface area contributed by atoms with Crippen molar-refractivity contribution in [1.82, 2.24) is 3.94 Å². The zero-order valence-electron chi connectivity index (χ0n) is 8.68. The van der Waals surface area contributed by atoms with Crippen LogP contribution in [0.3, 0.4) is 0 Å². The molecule has 0 amide bonds. The number of hydrogen-bond donors (Lipinski definition) is 2. The van der Waals surface area contributed by atoms with Gasteiger partial charge in [-0.3, -0.25) is 5.41 Å². The van der Waals surface area contributed by atoms with Crippen LogP contribution >= 0.6 is 60.1 Å². The lowest BCUT2D eigenvalue weighted by Gasteiger charge is -2.17. The zero-order valence-corrected chi connectivity index (χ0v) is 12.6. The summed E-state index contributed by atoms with van der Waals surface area (Å²) in [6.45, 7) is 0.414. The molecule has 0 saturated carbocycles. The lowest BCUT2D eigenvalue weighted by atomic mass is 10.1. The summed E-state index contributed by atoms with van der Waals surface area (Å²) in [5.74, 6) is 0. The fourth-order valence-corrected chi connectivity index (χ4v) is 2.42. The summed E-state index contributed by atoms with van der Waals surface area (Å²) in [5.41, 5.74) is 6.39. The van der Waals surface area contributed by atoms with Gasteiger partial charge in [0.05, 0.1) is 5.25 Å². The third-order valence-corrected chi connectivity index (χ3v) is 2.98. The van der Waals surface area contributed by atoms with Crippen molar-refractivity contribution in [3.63, 3.8) is 0 Å². The van der Waals surface area contributed by atoms with Crippen molar-refractivity contribution in [2.24, 2.45) is 5.73 Å². The highest BCUT2D eigenvalue weighted by atomic mass is 35.5. The Morgan fingerprint density at radius 1 is 1.29 bits per heavy atom. The second kappa shape index (κ2) is 10.1. The number of hydrogen-bond acceptors (Lipinski definition) is 3. The zero-order chi connectivity index (χ0) is 11.3. The van der Waals surface area contributed by atoms with E-state index < -0.39 is 0 Å². The number of nitrogens with two attached hydrogens (primary N) is 1. The maximum absolute atomic E-state index is 7.25. The van der Waals surface area contributed by atoms with Gasteiger partial charge in [0.25, 0.3) is 0 Å². The van der Waals surface area contributed by atoms with Crippen LogP contribution in [-0.4, -0.2) is 15.7 Å². The quantitative estimate of drug-likeness (QED) is 0.499. The van der Waals surface area contributed by atoms with E-state index in [0.717, 1.165) is 9.50 Å². The van der Waals surface area contributed by atoms with Crippen molar-refractivity contribution in [1.29, 1.82) is 5.41 Å². The number of amidine groups is 1. The maximum Gasteiger partial charge on any atom is 0.151 e. The fraction of sp³-hybridized carbons (Fsp3) is 0.222. The molecule has 1 aromatic carbocycles. The van der Waals surface area contributed by atoms with Crippen molar-refractivity contribution in [2.45, 2.75) is 5.25 Å². The Morgan fingerprint density at radius 2 is 1.82 bits per heavy atom. The first-order valence-corrected chi connectivity index (χ1v) is 5.80. The molecular formula is C9H13Cl4N3S. The summed E-state index contributed by atoms with van der Waals surface area (Å²) in [5, 5.41) is 7.28. The summed E-state index contributed by atoms with van der Waals surface area (Å²) in [7, 11) is 0. The second-order valence-electron chi connectivity index (χ2n) is 2.87. The van der Waals surface area contributed by atoms with Gasteiger partial charge in [-0.15, -0.1) is 28.8 Å². The molecule has 0 heterocycles. The molecule has 0 aliphatic carbocycles. The minimum Gasteiger partial charge on any atom is -0.379 e. The number of nitrogens with zero attached hydrogens (tertiary/aromatic N) is 1. The Labute approximate surface area is 128 Å². The average Bonchev–Trinajstić information content (AvgIpc) is 2.17. The highest BCUT2D eigenvalue weighted by molar-refractivity contribution is 8.13. The molecule has 0 radical (unpaired) electrons. The molecule has 1 rings (SSSR count). The van der Waals surface area contributed by atoms with E-state index in [0.29, 0.717) is 6.54 Å². The van der Waals surface area contributed by atoms with Crippen LogP contribution in [0, 0.1) is 5.41 Å². The van der Waals surface area contributed by atoms with Crippen LogP contribution in [0.4, 0.5) is 0 Å². The second-order valence-corrected chi connectivity index (χ2v) is 5.10. The van der Waals surface area contributed by atoms with Gasteiger partial charge in [0.15, 0.2) is 5.17 Å². The van der Waals surface area contributed by atoms with Crippen LogP contribution in [0.1, 0.15) is 10.8 Å². The SMILES string of the molecule is Cl.Cl.N=C(N)SC(CN(Cl)Cl)c1ccccc1. The summed E-state index contributed by atoms with van der Waals surface area (Å²) < 4.78 is 1.05. The van der Waals surface area contributed by atoms with Gasteiger partial charge in [-0.1, -0.05) is 42.1 Å². The van der Waals surface area contributed by atoms with Crippen LogP contribution in [0.5, 0.6) is 0 Å². The van der Waals surface area contributed by atoms with Gasteiger partial charge >= 0.3 is 0 Å². The van der Waals surface area contributed by atoms with E-state index in [1.54, 1.807) is 0 Å². The first-order chi connectivity index (χ1) is 7.09. The lowest BCUT2D eigenvalue weighted by molar-refractivity contribution is 0.685. The van der Waals surface area contributed by atoms with Gasteiger partial charge in [0, 0.05) is 6.54 Å². The Morgan fingerprint density at radius 3 is 2.24 bits per heavy atom. The molecule has 0 bridgehead atoms. The van der Waals surface area contributed by atoms with Crippen molar-refractivity contribution in [2.75, 3.05) is 6.54 Å². The van der Waals surface area contributed by atoms with Crippen molar-refractivity contribution >= 4 is 65.3 Å². The van der Waals surface area contributed by atoms with Gasteiger partial charge < -0.3 is 5.73 Å². The Balaban J connectivity index is 0. The van der Waals surface area contributed by atoms with E-state index in [4.69, 9.17) is 34.7 Å². The molecule has 8 heteroatoms. The molecule has 1 aromatic rings. The van der Waals surface area contributed by atoms with Crippen LogP contribution in [0.25, 0.3) is 0 Å². The minimum absolute atomic E-state index is 0. The number of benzene rings is 1. The monoisotopic (exact) mass is 335 g/mol. The fourth-order valence-electron chi connectivity index (χ4n) is 1.16. The van der Waals surface area contributed by atoms with Crippen molar-refractivity contribution < 1.29 is 0 Å². The lowest BCUT2D eigenvalue weighted by Crippen LogP contribution is -2.14. The number of thioether (sulfide) groups is 1. The summed E-state index contributed by atoms with van der Waals surface area (Å²) in [6.07, 6.45) is 0. The molecule has 3 nitrogen and oxygen atoms in total. The van der Waals surface area contributed by atoms with Crippen molar-refractivity contribution in [3.05, 3.63) is 35.9 Å². The maximum atomic E-state index is 7.25. The first-order valence-electron chi connectivity index (χ1n) is 4.24. The molecule has 0 spiro atoms. The predicted octanol–water partition coefficient (Wildman–Crippen LogP) is 3.81. The topological polar surface area (TPSA) is 53.1 Å². The molecule has 0 aliphatic rings. The van der Waals surface area contributed by atoms with E-state index in [1.165, 1.54) is 11.8 Å². The highest BCUT2D eigenvalue weighted by Gasteiger charge is 2.15. The van der Waals surface area contributed by atoms with E-state index >= 15 is 0 Å². The molecule has 1 atom stereocenters. The molecule has 0 aromatic heterocycles. The molecule has 17 heavy (non-hydrogen) atoms. The molecule has 0 fully saturated rings. The van der Waals surface area contributed by atoms with E-state index in [1.807, 2.05) is 30.3 Å². The standard InChI is InChI=1S/C9H11Cl2N3S.2ClH/c10-14(11)6-8(15-9(12)13)7-4-2-1-3-5-7;;/h1-5,8H,6H2,(H3,12,13);2*1H. The van der Waals surface area contributed by atoms with E-state index in [9.17, 15) is 0 Å². The highest BCUT2D eigenvalue weighted by Crippen LogP contribution is 2.30. The van der Waals surface area contributed by atoms with Gasteiger partial charge in [-0.2, -0.15) is 0 Å². The summed E-state index contributed by atoms with van der Waals surface area (Å²) in [4.78, 5) is 0. The van der Waals surface area contributed by atoms with Crippen LogP contribution in [0.2, 0.25) is 0 Å². The van der Waals surface area contributed by atoms with Gasteiger partial charge in [0.1, 0.15) is 0 Å². The van der Waals surface area contributed by atoms with Gasteiger partial charge in [-0.25, -0.2) is 0 Å². The molecule has 3 N–H and O–H groups in total. The van der Waals surface area contributed by atoms with Crippen LogP contribution < -0.4 is 5.73 Å². The van der Waals surface area contributed by atoms with Crippen LogP contribution in [0.15, 0.2) is 30.3 Å². The Hall–Kier alpha value is 0.160. The van der Waals surface area contributed by atoms with E-state index in [-0.39, 0.29) is 35.2 Å². The van der Waals surface area contributed by atoms with Gasteiger partial charge in [-0.05, 0) is 29.1 Å². The third kappa shape index (κ3) is 7.97. The Bertz CT molecular complexity index is 323.